The summed E-state index contributed by atoms with van der Waals surface area (Å²) in [7, 11) is -3.70. The van der Waals surface area contributed by atoms with Gasteiger partial charge in [-0.2, -0.15) is 0 Å². The minimum Gasteiger partial charge on any atom is -0.347 e. The molecule has 2 heterocycles. The fourth-order valence-electron chi connectivity index (χ4n) is 1.31. The Balaban J connectivity index is 2.17. The number of aromatic amines is 1. The van der Waals surface area contributed by atoms with Gasteiger partial charge in [-0.15, -0.1) is 0 Å². The van der Waals surface area contributed by atoms with Crippen molar-refractivity contribution in [3.63, 3.8) is 0 Å². The minimum atomic E-state index is -3.70. The van der Waals surface area contributed by atoms with E-state index in [0.717, 1.165) is 6.20 Å². The highest BCUT2D eigenvalue weighted by Crippen LogP contribution is 2.21. The van der Waals surface area contributed by atoms with Crippen molar-refractivity contribution in [2.24, 2.45) is 5.84 Å². The number of nitrogens with two attached hydrogens (primary N) is 1. The van der Waals surface area contributed by atoms with Gasteiger partial charge in [0.05, 0.1) is 17.9 Å². The quantitative estimate of drug-likeness (QED) is 0.462. The average molecular weight is 303 g/mol. The molecule has 0 aliphatic rings. The SMILES string of the molecule is NNc1ncc(S(=O)(=O)NCc2cnc[nH]2)cc1Cl. The molecule has 2 aromatic heterocycles. The first-order valence-corrected chi connectivity index (χ1v) is 6.98. The van der Waals surface area contributed by atoms with Crippen molar-refractivity contribution in [1.82, 2.24) is 19.7 Å². The summed E-state index contributed by atoms with van der Waals surface area (Å²) >= 11 is 5.82. The lowest BCUT2D eigenvalue weighted by Gasteiger charge is -2.07. The van der Waals surface area contributed by atoms with Crippen molar-refractivity contribution in [1.29, 1.82) is 0 Å². The lowest BCUT2D eigenvalue weighted by molar-refractivity contribution is 0.580. The molecule has 0 atom stereocenters. The smallest absolute Gasteiger partial charge is 0.242 e. The summed E-state index contributed by atoms with van der Waals surface area (Å²) in [5.41, 5.74) is 2.90. The molecule has 0 amide bonds. The van der Waals surface area contributed by atoms with Gasteiger partial charge < -0.3 is 10.4 Å². The molecule has 0 saturated carbocycles. The normalized spacial score (nSPS) is 11.5. The molecule has 0 aromatic carbocycles. The Kier molecular flexibility index (Phi) is 4.00. The van der Waals surface area contributed by atoms with Gasteiger partial charge in [0.2, 0.25) is 10.0 Å². The summed E-state index contributed by atoms with van der Waals surface area (Å²) in [4.78, 5) is 10.3. The number of aromatic nitrogens is 3. The fourth-order valence-corrected chi connectivity index (χ4v) is 2.57. The summed E-state index contributed by atoms with van der Waals surface area (Å²) in [5.74, 6) is 5.36. The monoisotopic (exact) mass is 302 g/mol. The number of H-pyrrole nitrogens is 1. The van der Waals surface area contributed by atoms with E-state index in [0.29, 0.717) is 5.69 Å². The first-order chi connectivity index (χ1) is 9.03. The Labute approximate surface area is 114 Å². The van der Waals surface area contributed by atoms with E-state index in [1.165, 1.54) is 18.6 Å². The minimum absolute atomic E-state index is 0.0454. The van der Waals surface area contributed by atoms with Gasteiger partial charge in [0.25, 0.3) is 0 Å². The molecular formula is C9H11ClN6O2S. The largest absolute Gasteiger partial charge is 0.347 e. The van der Waals surface area contributed by atoms with Crippen molar-refractivity contribution >= 4 is 27.4 Å². The number of hydrogen-bond donors (Lipinski definition) is 4. The fraction of sp³-hybridized carbons (Fsp3) is 0.111. The third-order valence-corrected chi connectivity index (χ3v) is 3.93. The maximum Gasteiger partial charge on any atom is 0.242 e. The van der Waals surface area contributed by atoms with Crippen LogP contribution in [0.3, 0.4) is 0 Å². The van der Waals surface area contributed by atoms with E-state index in [9.17, 15) is 8.42 Å². The highest BCUT2D eigenvalue weighted by atomic mass is 35.5. The number of halogens is 1. The van der Waals surface area contributed by atoms with E-state index in [1.54, 1.807) is 0 Å². The first-order valence-electron chi connectivity index (χ1n) is 5.12. The summed E-state index contributed by atoms with van der Waals surface area (Å²) < 4.78 is 26.4. The van der Waals surface area contributed by atoms with E-state index < -0.39 is 10.0 Å². The van der Waals surface area contributed by atoms with Crippen molar-refractivity contribution in [3.05, 3.63) is 35.5 Å². The predicted octanol–water partition coefficient (Wildman–Crippen LogP) is 0.222. The molecule has 0 saturated heterocycles. The van der Waals surface area contributed by atoms with Crippen LogP contribution in [0.1, 0.15) is 5.69 Å². The van der Waals surface area contributed by atoms with Crippen LogP contribution in [0.25, 0.3) is 0 Å². The number of rotatable bonds is 5. The Morgan fingerprint density at radius 2 is 2.21 bits per heavy atom. The third kappa shape index (κ3) is 3.20. The van der Waals surface area contributed by atoms with Gasteiger partial charge in [-0.05, 0) is 6.07 Å². The van der Waals surface area contributed by atoms with Gasteiger partial charge in [-0.3, -0.25) is 0 Å². The zero-order chi connectivity index (χ0) is 13.9. The molecule has 10 heteroatoms. The molecule has 0 aliphatic carbocycles. The van der Waals surface area contributed by atoms with Gasteiger partial charge in [-0.1, -0.05) is 11.6 Å². The summed E-state index contributed by atoms with van der Waals surface area (Å²) in [5, 5.41) is 0.118. The lowest BCUT2D eigenvalue weighted by atomic mass is 10.5. The topological polar surface area (TPSA) is 126 Å². The molecule has 2 aromatic rings. The molecule has 0 radical (unpaired) electrons. The molecule has 5 N–H and O–H groups in total. The molecule has 0 aliphatic heterocycles. The average Bonchev–Trinajstić information content (AvgIpc) is 2.89. The zero-order valence-electron chi connectivity index (χ0n) is 9.59. The van der Waals surface area contributed by atoms with Crippen molar-refractivity contribution in [3.8, 4) is 0 Å². The van der Waals surface area contributed by atoms with E-state index >= 15 is 0 Å². The number of nitrogen functional groups attached to an aromatic ring is 1. The number of pyridine rings is 1. The maximum atomic E-state index is 12.0. The van der Waals surface area contributed by atoms with E-state index in [-0.39, 0.29) is 22.3 Å². The van der Waals surface area contributed by atoms with Gasteiger partial charge in [0.15, 0.2) is 5.82 Å². The second-order valence-corrected chi connectivity index (χ2v) is 5.72. The Morgan fingerprint density at radius 1 is 1.42 bits per heavy atom. The van der Waals surface area contributed by atoms with E-state index in [2.05, 4.69) is 25.1 Å². The maximum absolute atomic E-state index is 12.0. The second kappa shape index (κ2) is 5.53. The standard InChI is InChI=1S/C9H11ClN6O2S/c10-8-1-7(4-13-9(8)16-11)19(17,18)15-3-6-2-12-5-14-6/h1-2,4-5,15H,3,11H2,(H,12,14)(H,13,16). The number of anilines is 1. The van der Waals surface area contributed by atoms with Gasteiger partial charge in [0.1, 0.15) is 4.90 Å². The lowest BCUT2D eigenvalue weighted by Crippen LogP contribution is -2.23. The van der Waals surface area contributed by atoms with Gasteiger partial charge in [0, 0.05) is 18.1 Å². The Morgan fingerprint density at radius 3 is 2.79 bits per heavy atom. The van der Waals surface area contributed by atoms with Gasteiger partial charge in [-0.25, -0.2) is 29.0 Å². The van der Waals surface area contributed by atoms with E-state index in [1.807, 2.05) is 0 Å². The van der Waals surface area contributed by atoms with Crippen LogP contribution in [0.4, 0.5) is 5.82 Å². The van der Waals surface area contributed by atoms with Crippen molar-refractivity contribution < 1.29 is 8.42 Å². The van der Waals surface area contributed by atoms with Crippen LogP contribution < -0.4 is 16.0 Å². The summed E-state index contributed by atoms with van der Waals surface area (Å²) in [6, 6.07) is 1.26. The second-order valence-electron chi connectivity index (χ2n) is 3.55. The van der Waals surface area contributed by atoms with Crippen molar-refractivity contribution in [2.45, 2.75) is 11.4 Å². The number of nitrogens with zero attached hydrogens (tertiary/aromatic N) is 2. The number of sulfonamides is 1. The molecule has 0 unspecified atom stereocenters. The van der Waals surface area contributed by atoms with Crippen LogP contribution in [-0.2, 0) is 16.6 Å². The molecular weight excluding hydrogens is 292 g/mol. The first kappa shape index (κ1) is 13.7. The summed E-state index contributed by atoms with van der Waals surface area (Å²) in [6.07, 6.45) is 4.15. The van der Waals surface area contributed by atoms with Crippen LogP contribution >= 0.6 is 11.6 Å². The predicted molar refractivity (Wildman–Crippen MR) is 69.7 cm³/mol. The van der Waals surface area contributed by atoms with Gasteiger partial charge >= 0.3 is 0 Å². The molecule has 19 heavy (non-hydrogen) atoms. The summed E-state index contributed by atoms with van der Waals surface area (Å²) in [6.45, 7) is 0.0941. The number of nitrogens with one attached hydrogen (secondary N) is 3. The molecule has 0 fully saturated rings. The Bertz CT molecular complexity index is 657. The van der Waals surface area contributed by atoms with Crippen molar-refractivity contribution in [2.75, 3.05) is 5.43 Å². The molecule has 0 bridgehead atoms. The Hall–Kier alpha value is -1.68. The van der Waals surface area contributed by atoms with E-state index in [4.69, 9.17) is 17.4 Å². The number of hydrogen-bond acceptors (Lipinski definition) is 6. The highest BCUT2D eigenvalue weighted by Gasteiger charge is 2.16. The molecule has 2 rings (SSSR count). The number of hydrazine groups is 1. The molecule has 0 spiro atoms. The van der Waals surface area contributed by atoms with Crippen LogP contribution in [0, 0.1) is 0 Å². The van der Waals surface area contributed by atoms with Crippen LogP contribution in [-0.4, -0.2) is 23.4 Å². The zero-order valence-corrected chi connectivity index (χ0v) is 11.2. The third-order valence-electron chi connectivity index (χ3n) is 2.27. The molecule has 8 nitrogen and oxygen atoms in total. The molecule has 102 valence electrons. The highest BCUT2D eigenvalue weighted by molar-refractivity contribution is 7.89. The van der Waals surface area contributed by atoms with Crippen LogP contribution in [0.2, 0.25) is 5.02 Å². The van der Waals surface area contributed by atoms with Crippen LogP contribution in [0.15, 0.2) is 29.7 Å². The van der Waals surface area contributed by atoms with Crippen LogP contribution in [0.5, 0.6) is 0 Å². The number of imidazole rings is 1.